The van der Waals surface area contributed by atoms with Crippen LogP contribution in [0.25, 0.3) is 0 Å². The van der Waals surface area contributed by atoms with Crippen molar-refractivity contribution in [3.05, 3.63) is 89.2 Å². The predicted octanol–water partition coefficient (Wildman–Crippen LogP) is 4.33. The lowest BCUT2D eigenvalue weighted by Crippen LogP contribution is -2.41. The first-order chi connectivity index (χ1) is 16.6. The van der Waals surface area contributed by atoms with E-state index >= 15 is 0 Å². The standard InChI is InChI=1S/C23H18Br2N4O6/c1-11-18(14(24)9-15(25)19(11)29(32)33)28-20(23(31)35-3)17(22(30)34-2)16(13(10-26)21(28)27)12-7-5-4-6-8-12/h4-9,16H,27H2,1-3H3. The highest BCUT2D eigenvalue weighted by Crippen LogP contribution is 2.48. The van der Waals surface area contributed by atoms with E-state index in [9.17, 15) is 25.0 Å². The van der Waals surface area contributed by atoms with Crippen molar-refractivity contribution in [2.24, 2.45) is 5.73 Å². The molecule has 180 valence electrons. The molecule has 2 aromatic rings. The molecule has 1 aliphatic heterocycles. The van der Waals surface area contributed by atoms with Crippen LogP contribution in [0.15, 0.2) is 68.0 Å². The summed E-state index contributed by atoms with van der Waals surface area (Å²) >= 11 is 6.55. The monoisotopic (exact) mass is 604 g/mol. The zero-order chi connectivity index (χ0) is 26.0. The highest BCUT2D eigenvalue weighted by molar-refractivity contribution is 9.11. The first-order valence-corrected chi connectivity index (χ1v) is 11.5. The number of nitro benzene ring substituents is 1. The quantitative estimate of drug-likeness (QED) is 0.298. The molecule has 35 heavy (non-hydrogen) atoms. The normalized spacial score (nSPS) is 15.5. The molecule has 0 fully saturated rings. The van der Waals surface area contributed by atoms with E-state index in [1.165, 1.54) is 13.0 Å². The van der Waals surface area contributed by atoms with Gasteiger partial charge in [-0.05, 0) is 50.4 Å². The summed E-state index contributed by atoms with van der Waals surface area (Å²) in [6, 6.07) is 12.0. The number of ether oxygens (including phenoxy) is 2. The van der Waals surface area contributed by atoms with Gasteiger partial charge in [0.05, 0.1) is 58.0 Å². The van der Waals surface area contributed by atoms with Crippen molar-refractivity contribution in [2.45, 2.75) is 12.8 Å². The number of carbonyl (C=O) groups is 2. The van der Waals surface area contributed by atoms with Crippen molar-refractivity contribution in [3.8, 4) is 6.07 Å². The lowest BCUT2D eigenvalue weighted by Gasteiger charge is -2.36. The summed E-state index contributed by atoms with van der Waals surface area (Å²) < 4.78 is 10.4. The third kappa shape index (κ3) is 4.40. The van der Waals surface area contributed by atoms with E-state index in [2.05, 4.69) is 31.9 Å². The molecule has 12 heteroatoms. The Morgan fingerprint density at radius 2 is 1.74 bits per heavy atom. The molecular weight excluding hydrogens is 588 g/mol. The van der Waals surface area contributed by atoms with Gasteiger partial charge in [0.25, 0.3) is 5.69 Å². The van der Waals surface area contributed by atoms with E-state index in [1.807, 2.05) is 6.07 Å². The minimum absolute atomic E-state index is 0.0545. The van der Waals surface area contributed by atoms with Gasteiger partial charge in [0.15, 0.2) is 0 Å². The van der Waals surface area contributed by atoms with Crippen molar-refractivity contribution in [2.75, 3.05) is 19.1 Å². The number of nitriles is 1. The molecule has 0 saturated heterocycles. The van der Waals surface area contributed by atoms with Crippen LogP contribution in [0, 0.1) is 28.4 Å². The number of methoxy groups -OCH3 is 2. The van der Waals surface area contributed by atoms with Crippen molar-refractivity contribution >= 4 is 55.2 Å². The van der Waals surface area contributed by atoms with Gasteiger partial charge in [0.2, 0.25) is 0 Å². The number of nitro groups is 1. The van der Waals surface area contributed by atoms with Crippen molar-refractivity contribution in [1.82, 2.24) is 0 Å². The van der Waals surface area contributed by atoms with Gasteiger partial charge in [-0.3, -0.25) is 15.0 Å². The van der Waals surface area contributed by atoms with E-state index in [0.717, 1.165) is 19.1 Å². The maximum atomic E-state index is 13.2. The van der Waals surface area contributed by atoms with Gasteiger partial charge >= 0.3 is 11.9 Å². The second kappa shape index (κ2) is 10.3. The Morgan fingerprint density at radius 1 is 1.14 bits per heavy atom. The Labute approximate surface area is 217 Å². The second-order valence-electron chi connectivity index (χ2n) is 7.25. The van der Waals surface area contributed by atoms with Gasteiger partial charge in [-0.2, -0.15) is 5.26 Å². The molecule has 2 aromatic carbocycles. The lowest BCUT2D eigenvalue weighted by atomic mass is 9.80. The Bertz CT molecular complexity index is 1350. The van der Waals surface area contributed by atoms with E-state index < -0.39 is 22.8 Å². The van der Waals surface area contributed by atoms with E-state index in [1.54, 1.807) is 30.3 Å². The predicted molar refractivity (Wildman–Crippen MR) is 133 cm³/mol. The van der Waals surface area contributed by atoms with Crippen LogP contribution in [0.5, 0.6) is 0 Å². The summed E-state index contributed by atoms with van der Waals surface area (Å²) in [6.45, 7) is 1.46. The summed E-state index contributed by atoms with van der Waals surface area (Å²) in [4.78, 5) is 38.6. The molecule has 0 radical (unpaired) electrons. The summed E-state index contributed by atoms with van der Waals surface area (Å²) in [7, 11) is 2.25. The molecule has 0 spiro atoms. The SMILES string of the molecule is COC(=O)C1=C(C(=O)OC)N(c2c(Br)cc(Br)c([N+](=O)[O-])c2C)C(N)=C(C#N)C1c1ccccc1. The van der Waals surface area contributed by atoms with Gasteiger partial charge in [-0.15, -0.1) is 0 Å². The highest BCUT2D eigenvalue weighted by Gasteiger charge is 2.44. The van der Waals surface area contributed by atoms with Gasteiger partial charge in [0, 0.05) is 4.47 Å². The summed E-state index contributed by atoms with van der Waals surface area (Å²) in [6.07, 6.45) is 0. The topological polar surface area (TPSA) is 149 Å². The zero-order valence-corrected chi connectivity index (χ0v) is 21.8. The number of halogens is 2. The Balaban J connectivity index is 2.53. The van der Waals surface area contributed by atoms with Crippen LogP contribution in [-0.4, -0.2) is 31.1 Å². The Kier molecular flexibility index (Phi) is 7.62. The molecule has 0 amide bonds. The first-order valence-electron chi connectivity index (χ1n) is 9.89. The Morgan fingerprint density at radius 3 is 2.26 bits per heavy atom. The van der Waals surface area contributed by atoms with Crippen LogP contribution in [0.4, 0.5) is 11.4 Å². The van der Waals surface area contributed by atoms with Crippen LogP contribution in [0.3, 0.4) is 0 Å². The van der Waals surface area contributed by atoms with E-state index in [0.29, 0.717) is 10.0 Å². The molecular formula is C23H18Br2N4O6. The molecule has 0 aliphatic carbocycles. The first kappa shape index (κ1) is 25.9. The van der Waals surface area contributed by atoms with Crippen LogP contribution in [-0.2, 0) is 19.1 Å². The minimum atomic E-state index is -1.05. The molecule has 10 nitrogen and oxygen atoms in total. The number of nitrogens with two attached hydrogens (primary N) is 1. The number of anilines is 1. The number of allylic oxidation sites excluding steroid dienone is 1. The van der Waals surface area contributed by atoms with Crippen molar-refractivity contribution in [3.63, 3.8) is 0 Å². The van der Waals surface area contributed by atoms with Crippen molar-refractivity contribution < 1.29 is 24.0 Å². The molecule has 3 rings (SSSR count). The molecule has 1 unspecified atom stereocenters. The average molecular weight is 606 g/mol. The number of nitrogens with zero attached hydrogens (tertiary/aromatic N) is 3. The second-order valence-corrected chi connectivity index (χ2v) is 8.96. The van der Waals surface area contributed by atoms with Crippen LogP contribution < -0.4 is 10.6 Å². The molecule has 1 aliphatic rings. The maximum Gasteiger partial charge on any atom is 0.355 e. The molecule has 2 N–H and O–H groups in total. The fraction of sp³-hybridized carbons (Fsp3) is 0.174. The number of hydrogen-bond acceptors (Lipinski definition) is 9. The number of hydrogen-bond donors (Lipinski definition) is 1. The molecule has 1 heterocycles. The third-order valence-electron chi connectivity index (χ3n) is 5.43. The summed E-state index contributed by atoms with van der Waals surface area (Å²) in [5.41, 5.74) is 6.30. The molecule has 0 aromatic heterocycles. The third-order valence-corrected chi connectivity index (χ3v) is 6.64. The van der Waals surface area contributed by atoms with Crippen LogP contribution >= 0.6 is 31.9 Å². The van der Waals surface area contributed by atoms with Gasteiger partial charge in [0.1, 0.15) is 11.5 Å². The van der Waals surface area contributed by atoms with Crippen LogP contribution in [0.1, 0.15) is 17.0 Å². The highest BCUT2D eigenvalue weighted by atomic mass is 79.9. The summed E-state index contributed by atoms with van der Waals surface area (Å²) in [5, 5.41) is 21.9. The molecule has 1 atom stereocenters. The number of benzene rings is 2. The number of rotatable bonds is 5. The molecule has 0 bridgehead atoms. The van der Waals surface area contributed by atoms with Gasteiger partial charge in [-0.1, -0.05) is 30.3 Å². The minimum Gasteiger partial charge on any atom is -0.466 e. The van der Waals surface area contributed by atoms with Crippen LogP contribution in [0.2, 0.25) is 0 Å². The van der Waals surface area contributed by atoms with E-state index in [-0.39, 0.29) is 44.1 Å². The lowest BCUT2D eigenvalue weighted by molar-refractivity contribution is -0.386. The summed E-state index contributed by atoms with van der Waals surface area (Å²) in [5.74, 6) is -3.11. The van der Waals surface area contributed by atoms with Crippen molar-refractivity contribution in [1.29, 1.82) is 5.26 Å². The Hall–Kier alpha value is -3.69. The smallest absolute Gasteiger partial charge is 0.355 e. The number of carbonyl (C=O) groups excluding carboxylic acids is 2. The fourth-order valence-electron chi connectivity index (χ4n) is 3.96. The fourth-order valence-corrected chi connectivity index (χ4v) is 5.64. The van der Waals surface area contributed by atoms with E-state index in [4.69, 9.17) is 15.2 Å². The number of esters is 2. The molecule has 0 saturated carbocycles. The van der Waals surface area contributed by atoms with Gasteiger partial charge < -0.3 is 15.2 Å². The largest absolute Gasteiger partial charge is 0.466 e. The zero-order valence-electron chi connectivity index (χ0n) is 18.7. The maximum absolute atomic E-state index is 13.2. The van der Waals surface area contributed by atoms with Gasteiger partial charge in [-0.25, -0.2) is 9.59 Å². The average Bonchev–Trinajstić information content (AvgIpc) is 2.83.